The van der Waals surface area contributed by atoms with Gasteiger partial charge < -0.3 is 20.6 Å². The monoisotopic (exact) mass is 284 g/mol. The molecule has 1 saturated heterocycles. The van der Waals surface area contributed by atoms with Crippen LogP contribution in [-0.2, 0) is 0 Å². The van der Waals surface area contributed by atoms with Gasteiger partial charge in [0.1, 0.15) is 0 Å². The highest BCUT2D eigenvalue weighted by Crippen LogP contribution is 2.09. The molecule has 3 N–H and O–H groups in total. The Labute approximate surface area is 123 Å². The summed E-state index contributed by atoms with van der Waals surface area (Å²) in [5.41, 5.74) is 0. The van der Waals surface area contributed by atoms with E-state index in [4.69, 9.17) is 0 Å². The molecule has 1 fully saturated rings. The van der Waals surface area contributed by atoms with E-state index in [0.717, 1.165) is 64.4 Å². The van der Waals surface area contributed by atoms with Crippen molar-refractivity contribution in [3.8, 4) is 0 Å². The van der Waals surface area contributed by atoms with Gasteiger partial charge in [-0.2, -0.15) is 0 Å². The lowest BCUT2D eigenvalue weighted by atomic mass is 10.1. The van der Waals surface area contributed by atoms with E-state index in [1.165, 1.54) is 0 Å². The van der Waals surface area contributed by atoms with Gasteiger partial charge in [-0.05, 0) is 46.1 Å². The number of likely N-dealkylation sites (tertiary alicyclic amines) is 1. The number of aliphatic hydroxyl groups excluding tert-OH is 1. The Morgan fingerprint density at radius 2 is 2.05 bits per heavy atom. The van der Waals surface area contributed by atoms with Gasteiger partial charge in [-0.25, -0.2) is 0 Å². The first kappa shape index (κ1) is 17.2. The molecule has 1 aliphatic rings. The summed E-state index contributed by atoms with van der Waals surface area (Å²) in [6, 6.07) is 0.455. The Morgan fingerprint density at radius 1 is 1.35 bits per heavy atom. The van der Waals surface area contributed by atoms with Crippen molar-refractivity contribution < 1.29 is 5.11 Å². The number of rotatable bonds is 7. The topological polar surface area (TPSA) is 59.9 Å². The maximum absolute atomic E-state index is 9.47. The highest BCUT2D eigenvalue weighted by Gasteiger charge is 2.15. The molecular weight excluding hydrogens is 252 g/mol. The molecule has 1 atom stereocenters. The maximum atomic E-state index is 9.47. The van der Waals surface area contributed by atoms with Crippen molar-refractivity contribution in [1.82, 2.24) is 15.5 Å². The molecule has 0 spiro atoms. The lowest BCUT2D eigenvalue weighted by Crippen LogP contribution is -2.42. The molecule has 0 bridgehead atoms. The van der Waals surface area contributed by atoms with E-state index in [1.54, 1.807) is 0 Å². The van der Waals surface area contributed by atoms with Crippen LogP contribution in [0.25, 0.3) is 0 Å². The first-order valence-electron chi connectivity index (χ1n) is 8.11. The first-order valence-corrected chi connectivity index (χ1v) is 8.11. The zero-order valence-electron chi connectivity index (χ0n) is 13.4. The minimum absolute atomic E-state index is 0.0793. The second kappa shape index (κ2) is 10.00. The maximum Gasteiger partial charge on any atom is 0.191 e. The van der Waals surface area contributed by atoms with Crippen molar-refractivity contribution in [2.45, 2.75) is 58.6 Å². The molecule has 0 aromatic carbocycles. The fourth-order valence-corrected chi connectivity index (χ4v) is 2.28. The van der Waals surface area contributed by atoms with Gasteiger partial charge in [0.2, 0.25) is 0 Å². The molecule has 1 heterocycles. The number of guanidine groups is 1. The average Bonchev–Trinajstić information content (AvgIpc) is 2.45. The Hall–Kier alpha value is -0.810. The highest BCUT2D eigenvalue weighted by molar-refractivity contribution is 5.79. The van der Waals surface area contributed by atoms with Gasteiger partial charge >= 0.3 is 0 Å². The minimum Gasteiger partial charge on any atom is -0.393 e. The number of piperidine rings is 1. The predicted octanol–water partition coefficient (Wildman–Crippen LogP) is 1.19. The van der Waals surface area contributed by atoms with Gasteiger partial charge in [-0.15, -0.1) is 0 Å². The zero-order chi connectivity index (χ0) is 14.8. The largest absolute Gasteiger partial charge is 0.393 e. The molecule has 0 aromatic rings. The molecule has 0 amide bonds. The van der Waals surface area contributed by atoms with Crippen LogP contribution >= 0.6 is 0 Å². The Bertz CT molecular complexity index is 275. The number of aliphatic hydroxyl groups is 1. The van der Waals surface area contributed by atoms with E-state index >= 15 is 0 Å². The number of nitrogens with one attached hydrogen (secondary N) is 2. The molecule has 0 aromatic heterocycles. The van der Waals surface area contributed by atoms with Crippen molar-refractivity contribution in [1.29, 1.82) is 0 Å². The van der Waals surface area contributed by atoms with Crippen LogP contribution in [0.1, 0.15) is 46.5 Å². The second-order valence-corrected chi connectivity index (χ2v) is 5.64. The smallest absolute Gasteiger partial charge is 0.191 e. The SMILES string of the molecule is CCNC(=NCCCN1CCC(O)CC1)NC(C)CC. The van der Waals surface area contributed by atoms with Crippen LogP contribution in [0.2, 0.25) is 0 Å². The Kier molecular flexibility index (Phi) is 8.62. The van der Waals surface area contributed by atoms with E-state index in [-0.39, 0.29) is 6.10 Å². The molecule has 1 unspecified atom stereocenters. The third-order valence-corrected chi connectivity index (χ3v) is 3.80. The lowest BCUT2D eigenvalue weighted by molar-refractivity contribution is 0.0824. The van der Waals surface area contributed by atoms with Crippen LogP contribution in [0.15, 0.2) is 4.99 Å². The Morgan fingerprint density at radius 3 is 2.65 bits per heavy atom. The summed E-state index contributed by atoms with van der Waals surface area (Å²) in [5, 5.41) is 16.2. The quantitative estimate of drug-likeness (QED) is 0.373. The fourth-order valence-electron chi connectivity index (χ4n) is 2.28. The van der Waals surface area contributed by atoms with E-state index < -0.39 is 0 Å². The molecule has 0 saturated carbocycles. The molecule has 118 valence electrons. The lowest BCUT2D eigenvalue weighted by Gasteiger charge is -2.29. The molecule has 5 heteroatoms. The van der Waals surface area contributed by atoms with Crippen molar-refractivity contribution in [3.63, 3.8) is 0 Å². The molecule has 20 heavy (non-hydrogen) atoms. The summed E-state index contributed by atoms with van der Waals surface area (Å²) < 4.78 is 0. The summed E-state index contributed by atoms with van der Waals surface area (Å²) >= 11 is 0. The normalized spacial score (nSPS) is 19.9. The van der Waals surface area contributed by atoms with E-state index in [2.05, 4.69) is 41.3 Å². The third kappa shape index (κ3) is 7.10. The van der Waals surface area contributed by atoms with Gasteiger partial charge in [0, 0.05) is 32.2 Å². The van der Waals surface area contributed by atoms with Gasteiger partial charge in [0.05, 0.1) is 6.10 Å². The van der Waals surface area contributed by atoms with Crippen LogP contribution in [0.4, 0.5) is 0 Å². The number of nitrogens with zero attached hydrogens (tertiary/aromatic N) is 2. The minimum atomic E-state index is -0.0793. The van der Waals surface area contributed by atoms with E-state index in [0.29, 0.717) is 6.04 Å². The number of hydrogen-bond donors (Lipinski definition) is 3. The Balaban J connectivity index is 2.22. The van der Waals surface area contributed by atoms with Gasteiger partial charge in [-0.1, -0.05) is 6.92 Å². The van der Waals surface area contributed by atoms with Gasteiger partial charge in [0.25, 0.3) is 0 Å². The van der Waals surface area contributed by atoms with E-state index in [1.807, 2.05) is 0 Å². The summed E-state index contributed by atoms with van der Waals surface area (Å²) in [7, 11) is 0. The van der Waals surface area contributed by atoms with Crippen molar-refractivity contribution in [2.75, 3.05) is 32.7 Å². The molecule has 0 radical (unpaired) electrons. The number of hydrogen-bond acceptors (Lipinski definition) is 3. The number of aliphatic imine (C=N–C) groups is 1. The van der Waals surface area contributed by atoms with E-state index in [9.17, 15) is 5.11 Å². The molecule has 1 rings (SSSR count). The molecule has 0 aliphatic carbocycles. The average molecular weight is 284 g/mol. The fraction of sp³-hybridized carbons (Fsp3) is 0.933. The molecule has 5 nitrogen and oxygen atoms in total. The standard InChI is InChI=1S/C15H32N4O/c1-4-13(3)18-15(16-5-2)17-9-6-10-19-11-7-14(20)8-12-19/h13-14,20H,4-12H2,1-3H3,(H2,16,17,18). The van der Waals surface area contributed by atoms with Gasteiger partial charge in [0.15, 0.2) is 5.96 Å². The summed E-state index contributed by atoms with van der Waals surface area (Å²) in [6.07, 6.45) is 3.93. The third-order valence-electron chi connectivity index (χ3n) is 3.80. The second-order valence-electron chi connectivity index (χ2n) is 5.64. The van der Waals surface area contributed by atoms with Crippen molar-refractivity contribution in [2.24, 2.45) is 4.99 Å². The van der Waals surface area contributed by atoms with Crippen LogP contribution in [0.5, 0.6) is 0 Å². The zero-order valence-corrected chi connectivity index (χ0v) is 13.4. The summed E-state index contributed by atoms with van der Waals surface area (Å²) in [5.74, 6) is 0.927. The molecular formula is C15H32N4O. The van der Waals surface area contributed by atoms with Crippen LogP contribution in [-0.4, -0.2) is 60.8 Å². The predicted molar refractivity (Wildman–Crippen MR) is 85.2 cm³/mol. The van der Waals surface area contributed by atoms with Crippen LogP contribution in [0, 0.1) is 0 Å². The van der Waals surface area contributed by atoms with Gasteiger partial charge in [-0.3, -0.25) is 4.99 Å². The molecule has 1 aliphatic heterocycles. The van der Waals surface area contributed by atoms with Crippen molar-refractivity contribution >= 4 is 5.96 Å². The van der Waals surface area contributed by atoms with Crippen LogP contribution in [0.3, 0.4) is 0 Å². The summed E-state index contributed by atoms with van der Waals surface area (Å²) in [4.78, 5) is 7.05. The van der Waals surface area contributed by atoms with Crippen molar-refractivity contribution in [3.05, 3.63) is 0 Å². The van der Waals surface area contributed by atoms with Crippen LogP contribution < -0.4 is 10.6 Å². The first-order chi connectivity index (χ1) is 9.65. The highest BCUT2D eigenvalue weighted by atomic mass is 16.3. The summed E-state index contributed by atoms with van der Waals surface area (Å²) in [6.45, 7) is 11.3.